The number of aliphatic imine (C=N–C) groups is 4. The SMILES string of the molecule is N=C1N=C2C(N=CN2C2OC3COP(=O)([O-])OC4C(COP(=O)([O-])OC3C2O)OC(N2C=NC3C(=O)NC(=N)N=C32)C4O)C(=O)N1. The number of carbonyl (C=O) groups is 2. The molecule has 2 amide bonds. The highest BCUT2D eigenvalue weighted by Gasteiger charge is 2.55. The van der Waals surface area contributed by atoms with E-state index < -0.39 is 114 Å². The van der Waals surface area contributed by atoms with Gasteiger partial charge in [-0.05, 0) is 0 Å². The van der Waals surface area contributed by atoms with Crippen molar-refractivity contribution >= 4 is 63.7 Å². The van der Waals surface area contributed by atoms with Crippen molar-refractivity contribution in [1.82, 2.24) is 20.4 Å². The van der Waals surface area contributed by atoms with Gasteiger partial charge in [-0.25, -0.2) is 0 Å². The fourth-order valence-corrected chi connectivity index (χ4v) is 7.48. The van der Waals surface area contributed by atoms with Crippen LogP contribution in [0.1, 0.15) is 0 Å². The van der Waals surface area contributed by atoms with Crippen molar-refractivity contribution in [3.8, 4) is 0 Å². The van der Waals surface area contributed by atoms with Crippen molar-refractivity contribution in [2.75, 3.05) is 13.2 Å². The zero-order chi connectivity index (χ0) is 32.7. The zero-order valence-electron chi connectivity index (χ0n) is 22.7. The molecule has 0 aromatic rings. The van der Waals surface area contributed by atoms with Crippen LogP contribution in [0.4, 0.5) is 0 Å². The second-order valence-electron chi connectivity index (χ2n) is 10.5. The van der Waals surface area contributed by atoms with Gasteiger partial charge in [0.05, 0.1) is 25.9 Å². The molecular formula is C20H22N10O14P2-2. The van der Waals surface area contributed by atoms with Gasteiger partial charge in [-0.1, -0.05) is 0 Å². The molecule has 0 saturated carbocycles. The van der Waals surface area contributed by atoms with Gasteiger partial charge in [0.15, 0.2) is 36.2 Å². The van der Waals surface area contributed by atoms with Crippen molar-refractivity contribution in [3.63, 3.8) is 0 Å². The Kier molecular flexibility index (Phi) is 7.54. The summed E-state index contributed by atoms with van der Waals surface area (Å²) < 4.78 is 57.4. The number of amides is 2. The normalized spacial score (nSPS) is 45.6. The second-order valence-corrected chi connectivity index (χ2v) is 13.2. The van der Waals surface area contributed by atoms with Gasteiger partial charge in [0.2, 0.25) is 11.9 Å². The topological polar surface area (TPSA) is 338 Å². The Morgan fingerprint density at radius 3 is 1.57 bits per heavy atom. The predicted molar refractivity (Wildman–Crippen MR) is 141 cm³/mol. The van der Waals surface area contributed by atoms with Crippen molar-refractivity contribution in [2.45, 2.75) is 61.2 Å². The molecule has 46 heavy (non-hydrogen) atoms. The summed E-state index contributed by atoms with van der Waals surface area (Å²) in [5.41, 5.74) is 0. The van der Waals surface area contributed by atoms with Gasteiger partial charge in [0.25, 0.3) is 27.5 Å². The van der Waals surface area contributed by atoms with Crippen LogP contribution in [0.2, 0.25) is 0 Å². The van der Waals surface area contributed by atoms with Crippen molar-refractivity contribution < 1.29 is 66.3 Å². The number of guanidine groups is 2. The summed E-state index contributed by atoms with van der Waals surface area (Å²) in [5, 5.41) is 41.8. The van der Waals surface area contributed by atoms with Crippen molar-refractivity contribution in [2.24, 2.45) is 20.0 Å². The third kappa shape index (κ3) is 5.40. The number of ether oxygens (including phenoxy) is 2. The average Bonchev–Trinajstić information content (AvgIpc) is 3.72. The number of nitrogens with one attached hydrogen (secondary N) is 4. The largest absolute Gasteiger partial charge is 0.756 e. The minimum absolute atomic E-state index is 0.130. The Morgan fingerprint density at radius 2 is 1.17 bits per heavy atom. The molecule has 248 valence electrons. The lowest BCUT2D eigenvalue weighted by molar-refractivity contribution is -0.244. The van der Waals surface area contributed by atoms with Crippen LogP contribution in [0.15, 0.2) is 20.0 Å². The van der Waals surface area contributed by atoms with E-state index >= 15 is 0 Å². The number of hydrogen-bond acceptors (Lipinski definition) is 20. The molecule has 0 bridgehead atoms. The summed E-state index contributed by atoms with van der Waals surface area (Å²) in [6.45, 7) is -1.94. The van der Waals surface area contributed by atoms with E-state index in [-0.39, 0.29) is 11.7 Å². The van der Waals surface area contributed by atoms with E-state index in [1.807, 2.05) is 0 Å². The van der Waals surface area contributed by atoms with Gasteiger partial charge in [-0.3, -0.25) is 60.0 Å². The molecule has 7 heterocycles. The number of fused-ring (bicyclic) bond motifs is 4. The van der Waals surface area contributed by atoms with Crippen LogP contribution in [-0.2, 0) is 46.3 Å². The first-order valence-corrected chi connectivity index (χ1v) is 16.2. The summed E-state index contributed by atoms with van der Waals surface area (Å²) in [6, 6.07) is -2.39. The standard InChI is InChI=1S/C20H24N10O14P2/c21-19-25-13-7(15(33)27-19)23-3-29(13)17-9(31)11-5(41-17)1-39-45(35,36)44-12-6(2-40-46(37,38)43-11)42-18(10(12)32)30-4-24-8-14(30)26-20(22)28-16(8)34/h3-12,17-18,31-32H,1-2H2,(H,35,36)(H,37,38)(H2,21,27,33)(H2,22,28,34)/p-2. The predicted octanol–water partition coefficient (Wildman–Crippen LogP) is -5.74. The Hall–Kier alpha value is -3.38. The maximum Gasteiger partial charge on any atom is 0.268 e. The van der Waals surface area contributed by atoms with Gasteiger partial charge in [0.1, 0.15) is 36.6 Å². The third-order valence-corrected chi connectivity index (χ3v) is 9.53. The second kappa shape index (κ2) is 11.1. The van der Waals surface area contributed by atoms with E-state index in [2.05, 4.69) is 30.6 Å². The monoisotopic (exact) mass is 688 g/mol. The third-order valence-electron chi connectivity index (χ3n) is 7.59. The molecule has 7 aliphatic heterocycles. The molecule has 0 aromatic carbocycles. The van der Waals surface area contributed by atoms with E-state index in [1.165, 1.54) is 0 Å². The van der Waals surface area contributed by atoms with Crippen LogP contribution >= 0.6 is 15.6 Å². The van der Waals surface area contributed by atoms with Crippen LogP contribution in [0, 0.1) is 10.8 Å². The van der Waals surface area contributed by atoms with Crippen LogP contribution < -0.4 is 20.4 Å². The van der Waals surface area contributed by atoms with Crippen LogP contribution in [0.3, 0.4) is 0 Å². The number of aliphatic hydroxyl groups is 2. The van der Waals surface area contributed by atoms with E-state index in [0.29, 0.717) is 0 Å². The zero-order valence-corrected chi connectivity index (χ0v) is 24.5. The van der Waals surface area contributed by atoms with Crippen LogP contribution in [0.25, 0.3) is 0 Å². The molecule has 0 aliphatic carbocycles. The quantitative estimate of drug-likeness (QED) is 0.147. The van der Waals surface area contributed by atoms with E-state index in [9.17, 15) is 38.7 Å². The van der Waals surface area contributed by atoms with Crippen molar-refractivity contribution in [1.29, 1.82) is 10.8 Å². The number of aliphatic hydroxyl groups excluding tert-OH is 2. The molecular weight excluding hydrogens is 666 g/mol. The van der Waals surface area contributed by atoms with Gasteiger partial charge < -0.3 is 47.6 Å². The Morgan fingerprint density at radius 1 is 0.783 bits per heavy atom. The number of nitrogens with zero attached hydrogens (tertiary/aromatic N) is 6. The number of carbonyl (C=O) groups excluding carboxylic acids is 2. The molecule has 3 fully saturated rings. The highest BCUT2D eigenvalue weighted by molar-refractivity contribution is 7.46. The summed E-state index contributed by atoms with van der Waals surface area (Å²) >= 11 is 0. The summed E-state index contributed by atoms with van der Waals surface area (Å²) in [7, 11) is -10.7. The first-order valence-electron chi connectivity index (χ1n) is 13.3. The molecule has 12 atom stereocenters. The molecule has 6 N–H and O–H groups in total. The number of amidine groups is 2. The average molecular weight is 688 g/mol. The maximum atomic E-state index is 12.9. The van der Waals surface area contributed by atoms with Crippen LogP contribution in [-0.4, -0.2) is 142 Å². The van der Waals surface area contributed by atoms with Gasteiger partial charge in [0, 0.05) is 0 Å². The van der Waals surface area contributed by atoms with Gasteiger partial charge in [-0.15, -0.1) is 0 Å². The molecule has 0 radical (unpaired) electrons. The number of hydrogen-bond donors (Lipinski definition) is 6. The lowest BCUT2D eigenvalue weighted by Gasteiger charge is -2.34. The summed E-state index contributed by atoms with van der Waals surface area (Å²) in [6.07, 6.45) is -11.6. The van der Waals surface area contributed by atoms with Crippen molar-refractivity contribution in [3.05, 3.63) is 0 Å². The molecule has 24 nitrogen and oxygen atoms in total. The van der Waals surface area contributed by atoms with E-state index in [0.717, 1.165) is 22.5 Å². The summed E-state index contributed by atoms with van der Waals surface area (Å²) in [5.74, 6) is -2.71. The Balaban J connectivity index is 1.12. The molecule has 7 aliphatic rings. The highest BCUT2D eigenvalue weighted by Crippen LogP contribution is 2.49. The van der Waals surface area contributed by atoms with E-state index in [4.69, 9.17) is 38.4 Å². The molecule has 7 rings (SSSR count). The smallest absolute Gasteiger partial charge is 0.268 e. The Bertz CT molecular complexity index is 1510. The molecule has 0 aromatic heterocycles. The van der Waals surface area contributed by atoms with Crippen LogP contribution in [0.5, 0.6) is 0 Å². The lowest BCUT2D eigenvalue weighted by atomic mass is 10.1. The molecule has 12 unspecified atom stereocenters. The first kappa shape index (κ1) is 31.2. The minimum Gasteiger partial charge on any atom is -0.756 e. The molecule has 0 spiro atoms. The summed E-state index contributed by atoms with van der Waals surface area (Å²) in [4.78, 5) is 68.1. The van der Waals surface area contributed by atoms with E-state index in [1.54, 1.807) is 0 Å². The fraction of sp³-hybridized carbons (Fsp3) is 0.600. The number of phosphoric acid groups is 2. The highest BCUT2D eigenvalue weighted by atomic mass is 31.2. The number of phosphoric ester groups is 2. The lowest BCUT2D eigenvalue weighted by Crippen LogP contribution is -2.53. The minimum atomic E-state index is -5.37. The first-order chi connectivity index (χ1) is 21.7. The Labute approximate surface area is 255 Å². The van der Waals surface area contributed by atoms with Gasteiger partial charge in [-0.2, -0.15) is 9.98 Å². The van der Waals surface area contributed by atoms with Gasteiger partial charge >= 0.3 is 0 Å². The number of rotatable bonds is 2. The maximum absolute atomic E-state index is 12.9. The fourth-order valence-electron chi connectivity index (χ4n) is 5.58. The molecule has 26 heteroatoms. The molecule has 3 saturated heterocycles.